The van der Waals surface area contributed by atoms with E-state index in [9.17, 15) is 4.79 Å². The highest BCUT2D eigenvalue weighted by Gasteiger charge is 2.31. The van der Waals surface area contributed by atoms with Gasteiger partial charge in [0.25, 0.3) is 0 Å². The normalized spacial score (nSPS) is 18.8. The van der Waals surface area contributed by atoms with Gasteiger partial charge in [0.1, 0.15) is 24.0 Å². The summed E-state index contributed by atoms with van der Waals surface area (Å²) >= 11 is 0. The topological polar surface area (TPSA) is 70.2 Å². The predicted octanol–water partition coefficient (Wildman–Crippen LogP) is 0.623. The number of anilines is 2. The van der Waals surface area contributed by atoms with Gasteiger partial charge in [-0.2, -0.15) is 0 Å². The van der Waals surface area contributed by atoms with Gasteiger partial charge in [-0.3, -0.25) is 4.79 Å². The van der Waals surface area contributed by atoms with Crippen LogP contribution in [0.4, 0.5) is 11.6 Å². The van der Waals surface area contributed by atoms with Gasteiger partial charge in [0.15, 0.2) is 0 Å². The van der Waals surface area contributed by atoms with Crippen molar-refractivity contribution in [1.82, 2.24) is 15.3 Å². The fourth-order valence-electron chi connectivity index (χ4n) is 2.26. The zero-order chi connectivity index (χ0) is 13.0. The van der Waals surface area contributed by atoms with Gasteiger partial charge in [-0.25, -0.2) is 9.97 Å². The highest BCUT2D eigenvalue weighted by atomic mass is 16.2. The molecule has 2 N–H and O–H groups in total. The molecule has 0 aliphatic carbocycles. The number of hydrogen-bond donors (Lipinski definition) is 2. The molecule has 1 aromatic heterocycles. The third-order valence-electron chi connectivity index (χ3n) is 3.11. The molecule has 1 aliphatic rings. The average Bonchev–Trinajstić information content (AvgIpc) is 2.88. The van der Waals surface area contributed by atoms with Crippen LogP contribution in [0.1, 0.15) is 19.8 Å². The number of rotatable bonds is 4. The number of amides is 1. The summed E-state index contributed by atoms with van der Waals surface area (Å²) in [4.78, 5) is 22.2. The number of aromatic nitrogens is 2. The van der Waals surface area contributed by atoms with Crippen molar-refractivity contribution >= 4 is 17.5 Å². The lowest BCUT2D eigenvalue weighted by Crippen LogP contribution is -2.42. The molecule has 1 atom stereocenters. The maximum absolute atomic E-state index is 11.8. The maximum atomic E-state index is 11.8. The Hall–Kier alpha value is -1.85. The molecule has 0 spiro atoms. The van der Waals surface area contributed by atoms with E-state index in [0.29, 0.717) is 0 Å². The van der Waals surface area contributed by atoms with Gasteiger partial charge in [0, 0.05) is 26.2 Å². The summed E-state index contributed by atoms with van der Waals surface area (Å²) in [6.45, 7) is 3.70. The third-order valence-corrected chi connectivity index (χ3v) is 3.11. The molecule has 98 valence electrons. The Labute approximate surface area is 107 Å². The standard InChI is InChI=1S/C12H19N5O/c1-3-14-10-7-11(16-8-15-10)17-6-4-5-9(17)12(18)13-2/h7-9H,3-6H2,1-2H3,(H,13,18)(H,14,15,16). The Morgan fingerprint density at radius 3 is 3.11 bits per heavy atom. The average molecular weight is 249 g/mol. The van der Waals surface area contributed by atoms with Crippen LogP contribution in [-0.4, -0.2) is 42.1 Å². The molecule has 1 aromatic rings. The third kappa shape index (κ3) is 2.52. The maximum Gasteiger partial charge on any atom is 0.242 e. The lowest BCUT2D eigenvalue weighted by Gasteiger charge is -2.24. The second-order valence-electron chi connectivity index (χ2n) is 4.26. The Morgan fingerprint density at radius 1 is 1.56 bits per heavy atom. The predicted molar refractivity (Wildman–Crippen MR) is 70.6 cm³/mol. The highest BCUT2D eigenvalue weighted by molar-refractivity contribution is 5.85. The minimum atomic E-state index is -0.112. The van der Waals surface area contributed by atoms with Crippen molar-refractivity contribution in [3.05, 3.63) is 12.4 Å². The van der Waals surface area contributed by atoms with E-state index in [0.717, 1.165) is 37.6 Å². The SMILES string of the molecule is CCNc1cc(N2CCCC2C(=O)NC)ncn1. The van der Waals surface area contributed by atoms with E-state index >= 15 is 0 Å². The first-order valence-electron chi connectivity index (χ1n) is 6.30. The van der Waals surface area contributed by atoms with Crippen molar-refractivity contribution in [2.75, 3.05) is 30.4 Å². The Kier molecular flexibility index (Phi) is 3.96. The Balaban J connectivity index is 2.19. The molecule has 6 heteroatoms. The molecular weight excluding hydrogens is 230 g/mol. The molecule has 18 heavy (non-hydrogen) atoms. The molecule has 2 heterocycles. The molecule has 6 nitrogen and oxygen atoms in total. The van der Waals surface area contributed by atoms with Crippen molar-refractivity contribution in [2.45, 2.75) is 25.8 Å². The summed E-state index contributed by atoms with van der Waals surface area (Å²) in [7, 11) is 1.67. The summed E-state index contributed by atoms with van der Waals surface area (Å²) in [6, 6.07) is 1.78. The van der Waals surface area contributed by atoms with Crippen LogP contribution in [0.25, 0.3) is 0 Å². The summed E-state index contributed by atoms with van der Waals surface area (Å²) in [5.74, 6) is 1.66. The fourth-order valence-corrected chi connectivity index (χ4v) is 2.26. The first kappa shape index (κ1) is 12.6. The van der Waals surface area contributed by atoms with Crippen LogP contribution in [0.3, 0.4) is 0 Å². The second-order valence-corrected chi connectivity index (χ2v) is 4.26. The second kappa shape index (κ2) is 5.66. The van der Waals surface area contributed by atoms with Gasteiger partial charge in [-0.1, -0.05) is 0 Å². The molecule has 0 radical (unpaired) electrons. The van der Waals surface area contributed by atoms with Crippen LogP contribution < -0.4 is 15.5 Å². The number of hydrogen-bond acceptors (Lipinski definition) is 5. The zero-order valence-electron chi connectivity index (χ0n) is 10.8. The molecule has 1 fully saturated rings. The van der Waals surface area contributed by atoms with E-state index in [1.165, 1.54) is 6.33 Å². The summed E-state index contributed by atoms with van der Waals surface area (Å²) < 4.78 is 0. The highest BCUT2D eigenvalue weighted by Crippen LogP contribution is 2.24. The molecule has 1 unspecified atom stereocenters. The first-order chi connectivity index (χ1) is 8.76. The summed E-state index contributed by atoms with van der Waals surface area (Å²) in [5.41, 5.74) is 0. The van der Waals surface area contributed by atoms with Gasteiger partial charge in [0.2, 0.25) is 5.91 Å². The van der Waals surface area contributed by atoms with Gasteiger partial charge < -0.3 is 15.5 Å². The van der Waals surface area contributed by atoms with E-state index < -0.39 is 0 Å². The van der Waals surface area contributed by atoms with Crippen LogP contribution in [0.2, 0.25) is 0 Å². The van der Waals surface area contributed by atoms with Crippen LogP contribution in [0.5, 0.6) is 0 Å². The first-order valence-corrected chi connectivity index (χ1v) is 6.30. The fraction of sp³-hybridized carbons (Fsp3) is 0.583. The van der Waals surface area contributed by atoms with E-state index in [4.69, 9.17) is 0 Å². The van der Waals surface area contributed by atoms with Gasteiger partial charge in [-0.05, 0) is 19.8 Å². The Morgan fingerprint density at radius 2 is 2.39 bits per heavy atom. The van der Waals surface area contributed by atoms with E-state index in [-0.39, 0.29) is 11.9 Å². The molecule has 1 saturated heterocycles. The van der Waals surface area contributed by atoms with Crippen molar-refractivity contribution in [3.8, 4) is 0 Å². The number of likely N-dealkylation sites (N-methyl/N-ethyl adjacent to an activating group) is 1. The minimum Gasteiger partial charge on any atom is -0.370 e. The van der Waals surface area contributed by atoms with Crippen molar-refractivity contribution in [3.63, 3.8) is 0 Å². The monoisotopic (exact) mass is 249 g/mol. The van der Waals surface area contributed by atoms with E-state index in [1.807, 2.05) is 17.9 Å². The molecule has 2 rings (SSSR count). The van der Waals surface area contributed by atoms with Crippen LogP contribution in [0.15, 0.2) is 12.4 Å². The van der Waals surface area contributed by atoms with E-state index in [1.54, 1.807) is 7.05 Å². The van der Waals surface area contributed by atoms with Crippen molar-refractivity contribution in [2.24, 2.45) is 0 Å². The van der Waals surface area contributed by atoms with Crippen LogP contribution in [0, 0.1) is 0 Å². The van der Waals surface area contributed by atoms with E-state index in [2.05, 4.69) is 20.6 Å². The molecule has 1 aliphatic heterocycles. The Bertz CT molecular complexity index is 423. The van der Waals surface area contributed by atoms with Crippen LogP contribution in [-0.2, 0) is 4.79 Å². The quantitative estimate of drug-likeness (QED) is 0.818. The van der Waals surface area contributed by atoms with Crippen molar-refractivity contribution < 1.29 is 4.79 Å². The van der Waals surface area contributed by atoms with Crippen LogP contribution >= 0.6 is 0 Å². The summed E-state index contributed by atoms with van der Waals surface area (Å²) in [5, 5.41) is 5.86. The van der Waals surface area contributed by atoms with Gasteiger partial charge >= 0.3 is 0 Å². The largest absolute Gasteiger partial charge is 0.370 e. The number of carbonyl (C=O) groups is 1. The lowest BCUT2D eigenvalue weighted by atomic mass is 10.2. The molecular formula is C12H19N5O. The molecule has 0 aromatic carbocycles. The van der Waals surface area contributed by atoms with Gasteiger partial charge in [0.05, 0.1) is 0 Å². The number of nitrogens with zero attached hydrogens (tertiary/aromatic N) is 3. The molecule has 1 amide bonds. The zero-order valence-corrected chi connectivity index (χ0v) is 10.8. The molecule has 0 bridgehead atoms. The summed E-state index contributed by atoms with van der Waals surface area (Å²) in [6.07, 6.45) is 3.42. The lowest BCUT2D eigenvalue weighted by molar-refractivity contribution is -0.121. The minimum absolute atomic E-state index is 0.0520. The van der Waals surface area contributed by atoms with Gasteiger partial charge in [-0.15, -0.1) is 0 Å². The van der Waals surface area contributed by atoms with Crippen molar-refractivity contribution in [1.29, 1.82) is 0 Å². The number of carbonyl (C=O) groups excluding carboxylic acids is 1. The molecule has 0 saturated carbocycles. The smallest absolute Gasteiger partial charge is 0.242 e. The number of nitrogens with one attached hydrogen (secondary N) is 2.